The number of hydrogen-bond acceptors (Lipinski definition) is 1. The molecule has 1 N–H and O–H groups in total. The Kier molecular flexibility index (Phi) is 2.78. The van der Waals surface area contributed by atoms with Gasteiger partial charge in [0.15, 0.2) is 0 Å². The van der Waals surface area contributed by atoms with Gasteiger partial charge in [0.2, 0.25) is 0 Å². The molecule has 0 bridgehead atoms. The first-order valence-electron chi connectivity index (χ1n) is 5.45. The summed E-state index contributed by atoms with van der Waals surface area (Å²) in [5.41, 5.74) is 2.71. The number of nitrogens with zero attached hydrogens (tertiary/aromatic N) is 1. The van der Waals surface area contributed by atoms with Crippen LogP contribution in [0.3, 0.4) is 0 Å². The lowest BCUT2D eigenvalue weighted by atomic mass is 10.1. The Morgan fingerprint density at radius 3 is 2.80 bits per heavy atom. The average Bonchev–Trinajstić information content (AvgIpc) is 2.58. The molecule has 2 rings (SSSR count). The van der Waals surface area contributed by atoms with E-state index in [1.165, 1.54) is 16.5 Å². The van der Waals surface area contributed by atoms with Crippen LogP contribution in [0.2, 0.25) is 0 Å². The van der Waals surface area contributed by atoms with Crippen molar-refractivity contribution >= 4 is 10.9 Å². The SMILES string of the molecule is CC(C)NCc1cccc2ccn(C)c12. The lowest BCUT2D eigenvalue weighted by Crippen LogP contribution is -2.22. The molecule has 2 aromatic rings. The van der Waals surface area contributed by atoms with Gasteiger partial charge in [-0.25, -0.2) is 0 Å². The van der Waals surface area contributed by atoms with Crippen LogP contribution in [-0.2, 0) is 13.6 Å². The van der Waals surface area contributed by atoms with E-state index in [0.29, 0.717) is 6.04 Å². The lowest BCUT2D eigenvalue weighted by Gasteiger charge is -2.10. The summed E-state index contributed by atoms with van der Waals surface area (Å²) in [4.78, 5) is 0. The Bertz CT molecular complexity index is 455. The van der Waals surface area contributed by atoms with Crippen molar-refractivity contribution < 1.29 is 0 Å². The van der Waals surface area contributed by atoms with Gasteiger partial charge in [0.1, 0.15) is 0 Å². The number of fused-ring (bicyclic) bond motifs is 1. The van der Waals surface area contributed by atoms with Crippen molar-refractivity contribution in [2.45, 2.75) is 26.4 Å². The maximum atomic E-state index is 3.46. The first-order chi connectivity index (χ1) is 7.18. The molecule has 1 aromatic carbocycles. The fraction of sp³-hybridized carbons (Fsp3) is 0.385. The molecule has 0 radical (unpaired) electrons. The van der Waals surface area contributed by atoms with Gasteiger partial charge < -0.3 is 9.88 Å². The fourth-order valence-electron chi connectivity index (χ4n) is 1.90. The van der Waals surface area contributed by atoms with E-state index in [2.05, 4.69) is 61.2 Å². The van der Waals surface area contributed by atoms with Crippen LogP contribution in [0, 0.1) is 0 Å². The van der Waals surface area contributed by atoms with Crippen molar-refractivity contribution in [2.75, 3.05) is 0 Å². The van der Waals surface area contributed by atoms with Crippen LogP contribution in [0.1, 0.15) is 19.4 Å². The van der Waals surface area contributed by atoms with Gasteiger partial charge in [-0.05, 0) is 17.0 Å². The Hall–Kier alpha value is -1.28. The van der Waals surface area contributed by atoms with E-state index in [4.69, 9.17) is 0 Å². The second-order valence-electron chi connectivity index (χ2n) is 4.32. The average molecular weight is 202 g/mol. The molecule has 0 atom stereocenters. The smallest absolute Gasteiger partial charge is 0.0523 e. The number of rotatable bonds is 3. The number of aromatic nitrogens is 1. The summed E-state index contributed by atoms with van der Waals surface area (Å²) >= 11 is 0. The van der Waals surface area contributed by atoms with Crippen LogP contribution in [0.4, 0.5) is 0 Å². The summed E-state index contributed by atoms with van der Waals surface area (Å²) in [5.74, 6) is 0. The van der Waals surface area contributed by atoms with E-state index < -0.39 is 0 Å². The molecule has 80 valence electrons. The van der Waals surface area contributed by atoms with Crippen molar-refractivity contribution in [2.24, 2.45) is 7.05 Å². The van der Waals surface area contributed by atoms with Crippen LogP contribution in [0.5, 0.6) is 0 Å². The fourth-order valence-corrected chi connectivity index (χ4v) is 1.90. The summed E-state index contributed by atoms with van der Waals surface area (Å²) in [7, 11) is 2.10. The van der Waals surface area contributed by atoms with Crippen molar-refractivity contribution in [3.63, 3.8) is 0 Å². The lowest BCUT2D eigenvalue weighted by molar-refractivity contribution is 0.589. The third-order valence-electron chi connectivity index (χ3n) is 2.68. The zero-order valence-corrected chi connectivity index (χ0v) is 9.62. The highest BCUT2D eigenvalue weighted by atomic mass is 14.9. The first-order valence-corrected chi connectivity index (χ1v) is 5.45. The van der Waals surface area contributed by atoms with Crippen molar-refractivity contribution in [1.29, 1.82) is 0 Å². The summed E-state index contributed by atoms with van der Waals surface area (Å²) in [6.07, 6.45) is 2.11. The molecule has 15 heavy (non-hydrogen) atoms. The molecule has 1 aromatic heterocycles. The molecular weight excluding hydrogens is 184 g/mol. The molecule has 0 aliphatic heterocycles. The van der Waals surface area contributed by atoms with Gasteiger partial charge in [0, 0.05) is 25.8 Å². The van der Waals surface area contributed by atoms with Gasteiger partial charge in [0.05, 0.1) is 5.52 Å². The van der Waals surface area contributed by atoms with Gasteiger partial charge in [-0.15, -0.1) is 0 Å². The van der Waals surface area contributed by atoms with Gasteiger partial charge >= 0.3 is 0 Å². The standard InChI is InChI=1S/C13H18N2/c1-10(2)14-9-12-6-4-5-11-7-8-15(3)13(11)12/h4-8,10,14H,9H2,1-3H3. The molecule has 1 heterocycles. The molecular formula is C13H18N2. The van der Waals surface area contributed by atoms with E-state index in [-0.39, 0.29) is 0 Å². The van der Waals surface area contributed by atoms with E-state index >= 15 is 0 Å². The molecule has 0 saturated carbocycles. The van der Waals surface area contributed by atoms with E-state index in [0.717, 1.165) is 6.54 Å². The summed E-state index contributed by atoms with van der Waals surface area (Å²) in [6, 6.07) is 9.17. The number of benzene rings is 1. The van der Waals surface area contributed by atoms with Gasteiger partial charge in [-0.3, -0.25) is 0 Å². The highest BCUT2D eigenvalue weighted by molar-refractivity contribution is 5.83. The van der Waals surface area contributed by atoms with Gasteiger partial charge in [-0.1, -0.05) is 32.0 Å². The maximum absolute atomic E-state index is 3.46. The van der Waals surface area contributed by atoms with Crippen LogP contribution in [-0.4, -0.2) is 10.6 Å². The van der Waals surface area contributed by atoms with Crippen molar-refractivity contribution in [1.82, 2.24) is 9.88 Å². The third kappa shape index (κ3) is 2.05. The topological polar surface area (TPSA) is 17.0 Å². The molecule has 2 nitrogen and oxygen atoms in total. The quantitative estimate of drug-likeness (QED) is 0.809. The molecule has 0 fully saturated rings. The van der Waals surface area contributed by atoms with E-state index in [1.54, 1.807) is 0 Å². The largest absolute Gasteiger partial charge is 0.350 e. The van der Waals surface area contributed by atoms with Gasteiger partial charge in [-0.2, -0.15) is 0 Å². The third-order valence-corrected chi connectivity index (χ3v) is 2.68. The van der Waals surface area contributed by atoms with Crippen LogP contribution >= 0.6 is 0 Å². The van der Waals surface area contributed by atoms with Crippen molar-refractivity contribution in [3.8, 4) is 0 Å². The number of hydrogen-bond donors (Lipinski definition) is 1. The second-order valence-corrected chi connectivity index (χ2v) is 4.32. The Morgan fingerprint density at radius 1 is 1.27 bits per heavy atom. The number of aryl methyl sites for hydroxylation is 1. The van der Waals surface area contributed by atoms with Crippen molar-refractivity contribution in [3.05, 3.63) is 36.0 Å². The van der Waals surface area contributed by atoms with E-state index in [9.17, 15) is 0 Å². The molecule has 0 amide bonds. The van der Waals surface area contributed by atoms with Crippen LogP contribution in [0.15, 0.2) is 30.5 Å². The summed E-state index contributed by atoms with van der Waals surface area (Å²) in [5, 5.41) is 4.78. The minimum atomic E-state index is 0.528. The molecule has 0 saturated heterocycles. The second kappa shape index (κ2) is 4.07. The molecule has 2 heteroatoms. The van der Waals surface area contributed by atoms with Gasteiger partial charge in [0.25, 0.3) is 0 Å². The molecule has 0 aliphatic rings. The number of nitrogens with one attached hydrogen (secondary N) is 1. The Morgan fingerprint density at radius 2 is 2.07 bits per heavy atom. The Labute approximate surface area is 90.9 Å². The number of para-hydroxylation sites is 1. The highest BCUT2D eigenvalue weighted by Crippen LogP contribution is 2.19. The molecule has 0 spiro atoms. The molecule has 0 aliphatic carbocycles. The van der Waals surface area contributed by atoms with Crippen LogP contribution < -0.4 is 5.32 Å². The summed E-state index contributed by atoms with van der Waals surface area (Å²) < 4.78 is 2.19. The van der Waals surface area contributed by atoms with Crippen LogP contribution in [0.25, 0.3) is 10.9 Å². The predicted octanol–water partition coefficient (Wildman–Crippen LogP) is 2.68. The first kappa shape index (κ1) is 10.2. The summed E-state index contributed by atoms with van der Waals surface area (Å²) in [6.45, 7) is 5.28. The minimum absolute atomic E-state index is 0.528. The molecule has 0 unspecified atom stereocenters. The zero-order valence-electron chi connectivity index (χ0n) is 9.62. The predicted molar refractivity (Wildman–Crippen MR) is 64.9 cm³/mol. The monoisotopic (exact) mass is 202 g/mol. The minimum Gasteiger partial charge on any atom is -0.350 e. The van der Waals surface area contributed by atoms with E-state index in [1.807, 2.05) is 0 Å². The highest BCUT2D eigenvalue weighted by Gasteiger charge is 2.04. The zero-order chi connectivity index (χ0) is 10.8. The Balaban J connectivity index is 2.37. The normalized spacial score (nSPS) is 11.5. The maximum Gasteiger partial charge on any atom is 0.0523 e.